The number of benzene rings is 1. The van der Waals surface area contributed by atoms with E-state index in [9.17, 15) is 9.59 Å². The Morgan fingerprint density at radius 2 is 1.78 bits per heavy atom. The first kappa shape index (κ1) is 12.4. The average Bonchev–Trinajstić information content (AvgIpc) is 3.10. The number of anilines is 2. The molecule has 1 unspecified atom stereocenters. The van der Waals surface area contributed by atoms with Crippen LogP contribution < -0.4 is 10.6 Å². The molecule has 18 heavy (non-hydrogen) atoms. The minimum atomic E-state index is -0.816. The zero-order valence-corrected chi connectivity index (χ0v) is 10.1. The molecule has 1 fully saturated rings. The minimum Gasteiger partial charge on any atom is -0.480 e. The molecule has 0 bridgehead atoms. The van der Waals surface area contributed by atoms with E-state index >= 15 is 0 Å². The van der Waals surface area contributed by atoms with E-state index < -0.39 is 12.0 Å². The van der Waals surface area contributed by atoms with Gasteiger partial charge in [-0.2, -0.15) is 0 Å². The molecule has 5 heteroatoms. The van der Waals surface area contributed by atoms with Crippen molar-refractivity contribution < 1.29 is 14.7 Å². The number of aliphatic carboxylic acids is 1. The second kappa shape index (κ2) is 5.08. The highest BCUT2D eigenvalue weighted by atomic mass is 16.4. The summed E-state index contributed by atoms with van der Waals surface area (Å²) in [5.41, 5.74) is 1.45. The summed E-state index contributed by atoms with van der Waals surface area (Å²) in [4.78, 5) is 21.9. The maximum atomic E-state index is 11.1. The van der Waals surface area contributed by atoms with E-state index in [0.717, 1.165) is 18.5 Å². The van der Waals surface area contributed by atoms with Crippen molar-refractivity contribution in [3.05, 3.63) is 24.3 Å². The van der Waals surface area contributed by atoms with Crippen LogP contribution in [0.4, 0.5) is 11.4 Å². The lowest BCUT2D eigenvalue weighted by Gasteiger charge is -2.15. The first-order chi connectivity index (χ1) is 8.56. The van der Waals surface area contributed by atoms with E-state index in [1.807, 2.05) is 0 Å². The molecule has 0 saturated heterocycles. The third-order valence-electron chi connectivity index (χ3n) is 2.89. The lowest BCUT2D eigenvalue weighted by atomic mass is 10.1. The summed E-state index contributed by atoms with van der Waals surface area (Å²) in [5, 5.41) is 14.8. The molecule has 0 aromatic heterocycles. The van der Waals surface area contributed by atoms with Crippen molar-refractivity contribution >= 4 is 23.3 Å². The molecule has 1 saturated carbocycles. The third-order valence-corrected chi connectivity index (χ3v) is 2.89. The van der Waals surface area contributed by atoms with Gasteiger partial charge < -0.3 is 15.7 Å². The SMILES string of the molecule is CC(=O)Nc1ccc(NC(C(=O)O)C2CC2)cc1. The number of carbonyl (C=O) groups excluding carboxylic acids is 1. The van der Waals surface area contributed by atoms with Crippen LogP contribution in [0.3, 0.4) is 0 Å². The van der Waals surface area contributed by atoms with Gasteiger partial charge in [-0.15, -0.1) is 0 Å². The highest BCUT2D eigenvalue weighted by molar-refractivity contribution is 5.88. The second-order valence-electron chi connectivity index (χ2n) is 4.56. The monoisotopic (exact) mass is 248 g/mol. The van der Waals surface area contributed by atoms with Crippen molar-refractivity contribution in [1.82, 2.24) is 0 Å². The molecule has 0 spiro atoms. The molecule has 5 nitrogen and oxygen atoms in total. The molecule has 1 aliphatic rings. The molecule has 0 aliphatic heterocycles. The normalized spacial score (nSPS) is 15.8. The first-order valence-electron chi connectivity index (χ1n) is 5.93. The predicted octanol–water partition coefficient (Wildman–Crippen LogP) is 1.92. The number of amides is 1. The van der Waals surface area contributed by atoms with Crippen LogP contribution in [-0.4, -0.2) is 23.0 Å². The zero-order chi connectivity index (χ0) is 13.1. The molecule has 1 aromatic carbocycles. The molecular weight excluding hydrogens is 232 g/mol. The van der Waals surface area contributed by atoms with E-state index in [4.69, 9.17) is 5.11 Å². The van der Waals surface area contributed by atoms with Crippen molar-refractivity contribution in [2.24, 2.45) is 5.92 Å². The Labute approximate surface area is 105 Å². The quantitative estimate of drug-likeness (QED) is 0.744. The number of nitrogens with one attached hydrogen (secondary N) is 2. The highest BCUT2D eigenvalue weighted by Crippen LogP contribution is 2.34. The Bertz CT molecular complexity index is 452. The zero-order valence-electron chi connectivity index (χ0n) is 10.1. The second-order valence-corrected chi connectivity index (χ2v) is 4.56. The van der Waals surface area contributed by atoms with Crippen LogP contribution in [0.1, 0.15) is 19.8 Å². The van der Waals surface area contributed by atoms with E-state index in [-0.39, 0.29) is 11.8 Å². The molecule has 1 atom stereocenters. The van der Waals surface area contributed by atoms with Crippen molar-refractivity contribution in [2.45, 2.75) is 25.8 Å². The Balaban J connectivity index is 2.00. The Morgan fingerprint density at radius 1 is 1.22 bits per heavy atom. The number of rotatable bonds is 5. The maximum Gasteiger partial charge on any atom is 0.326 e. The largest absolute Gasteiger partial charge is 0.480 e. The summed E-state index contributed by atoms with van der Waals surface area (Å²) < 4.78 is 0. The summed E-state index contributed by atoms with van der Waals surface area (Å²) >= 11 is 0. The van der Waals surface area contributed by atoms with Crippen molar-refractivity contribution in [1.29, 1.82) is 0 Å². The standard InChI is InChI=1S/C13H16N2O3/c1-8(16)14-10-4-6-11(7-5-10)15-12(13(17)18)9-2-3-9/h4-7,9,12,15H,2-3H2,1H3,(H,14,16)(H,17,18). The van der Waals surface area contributed by atoms with Gasteiger partial charge in [-0.1, -0.05) is 0 Å². The van der Waals surface area contributed by atoms with Gasteiger partial charge in [0.25, 0.3) is 0 Å². The summed E-state index contributed by atoms with van der Waals surface area (Å²) in [5.74, 6) is -0.710. The van der Waals surface area contributed by atoms with Gasteiger partial charge >= 0.3 is 5.97 Å². The average molecular weight is 248 g/mol. The molecule has 1 aliphatic carbocycles. The van der Waals surface area contributed by atoms with Crippen LogP contribution in [0.5, 0.6) is 0 Å². The minimum absolute atomic E-state index is 0.128. The molecular formula is C13H16N2O3. The molecule has 0 heterocycles. The van der Waals surface area contributed by atoms with Gasteiger partial charge in [0.2, 0.25) is 5.91 Å². The van der Waals surface area contributed by atoms with Gasteiger partial charge in [0.05, 0.1) is 0 Å². The molecule has 0 radical (unpaired) electrons. The van der Waals surface area contributed by atoms with Crippen LogP contribution in [0, 0.1) is 5.92 Å². The fourth-order valence-corrected chi connectivity index (χ4v) is 1.84. The van der Waals surface area contributed by atoms with Gasteiger partial charge in [0.15, 0.2) is 0 Å². The summed E-state index contributed by atoms with van der Waals surface area (Å²) in [6, 6.07) is 6.51. The molecule has 96 valence electrons. The fourth-order valence-electron chi connectivity index (χ4n) is 1.84. The summed E-state index contributed by atoms with van der Waals surface area (Å²) in [6.45, 7) is 1.44. The van der Waals surface area contributed by atoms with Crippen LogP contribution in [-0.2, 0) is 9.59 Å². The molecule has 1 aromatic rings. The summed E-state index contributed by atoms with van der Waals surface area (Å²) in [7, 11) is 0. The smallest absolute Gasteiger partial charge is 0.326 e. The molecule has 1 amide bonds. The topological polar surface area (TPSA) is 78.4 Å². The third kappa shape index (κ3) is 3.23. The van der Waals surface area contributed by atoms with Crippen molar-refractivity contribution in [2.75, 3.05) is 10.6 Å². The first-order valence-corrected chi connectivity index (χ1v) is 5.93. The van der Waals surface area contributed by atoms with Crippen LogP contribution in [0.25, 0.3) is 0 Å². The van der Waals surface area contributed by atoms with E-state index in [1.54, 1.807) is 24.3 Å². The molecule has 2 rings (SSSR count). The Kier molecular flexibility index (Phi) is 3.50. The Morgan fingerprint density at radius 3 is 2.22 bits per heavy atom. The van der Waals surface area contributed by atoms with Crippen molar-refractivity contribution in [3.8, 4) is 0 Å². The van der Waals surface area contributed by atoms with Crippen LogP contribution in [0.15, 0.2) is 24.3 Å². The van der Waals surface area contributed by atoms with Crippen molar-refractivity contribution in [3.63, 3.8) is 0 Å². The molecule has 3 N–H and O–H groups in total. The number of carboxylic acids is 1. The summed E-state index contributed by atoms with van der Waals surface area (Å²) in [6.07, 6.45) is 1.93. The van der Waals surface area contributed by atoms with E-state index in [1.165, 1.54) is 6.92 Å². The number of hydrogen-bond acceptors (Lipinski definition) is 3. The van der Waals surface area contributed by atoms with Gasteiger partial charge in [-0.05, 0) is 43.0 Å². The maximum absolute atomic E-state index is 11.1. The van der Waals surface area contributed by atoms with Crippen LogP contribution in [0.2, 0.25) is 0 Å². The van der Waals surface area contributed by atoms with Gasteiger partial charge in [-0.25, -0.2) is 4.79 Å². The van der Waals surface area contributed by atoms with Gasteiger partial charge in [0, 0.05) is 18.3 Å². The van der Waals surface area contributed by atoms with Gasteiger partial charge in [0.1, 0.15) is 6.04 Å². The predicted molar refractivity (Wildman–Crippen MR) is 68.5 cm³/mol. The van der Waals surface area contributed by atoms with Gasteiger partial charge in [-0.3, -0.25) is 4.79 Å². The lowest BCUT2D eigenvalue weighted by Crippen LogP contribution is -2.31. The van der Waals surface area contributed by atoms with E-state index in [0.29, 0.717) is 5.69 Å². The lowest BCUT2D eigenvalue weighted by molar-refractivity contribution is -0.138. The fraction of sp³-hybridized carbons (Fsp3) is 0.385. The highest BCUT2D eigenvalue weighted by Gasteiger charge is 2.36. The number of carbonyl (C=O) groups is 2. The van der Waals surface area contributed by atoms with Crippen LogP contribution >= 0.6 is 0 Å². The number of hydrogen-bond donors (Lipinski definition) is 3. The Hall–Kier alpha value is -2.04. The van der Waals surface area contributed by atoms with E-state index in [2.05, 4.69) is 10.6 Å². The number of carboxylic acid groups (broad SMARTS) is 1.